The highest BCUT2D eigenvalue weighted by atomic mass is 32.1. The van der Waals surface area contributed by atoms with Crippen molar-refractivity contribution in [1.82, 2.24) is 9.80 Å². The summed E-state index contributed by atoms with van der Waals surface area (Å²) in [7, 11) is 0. The molecule has 2 saturated heterocycles. The Morgan fingerprint density at radius 3 is 2.69 bits per heavy atom. The number of likely N-dealkylation sites (tertiary alicyclic amines) is 2. The van der Waals surface area contributed by atoms with E-state index in [9.17, 15) is 0 Å². The first-order valence-electron chi connectivity index (χ1n) is 6.42. The van der Waals surface area contributed by atoms with Gasteiger partial charge in [-0.25, -0.2) is 0 Å². The van der Waals surface area contributed by atoms with Gasteiger partial charge in [-0.2, -0.15) is 0 Å². The molecular weight excluding hydrogens is 218 g/mol. The Morgan fingerprint density at radius 1 is 1.38 bits per heavy atom. The van der Waals surface area contributed by atoms with Crippen molar-refractivity contribution >= 4 is 17.2 Å². The van der Waals surface area contributed by atoms with Crippen molar-refractivity contribution in [3.05, 3.63) is 0 Å². The van der Waals surface area contributed by atoms with Crippen molar-refractivity contribution in [3.63, 3.8) is 0 Å². The van der Waals surface area contributed by atoms with Crippen LogP contribution in [0.5, 0.6) is 0 Å². The number of thiocarbonyl (C=S) groups is 1. The standard InChI is InChI=1S/C12H23N3S/c1-10(12(13)16)8-14-7-4-11(9-14)15-5-2-3-6-15/h10-11H,2-9H2,1H3,(H2,13,16). The highest BCUT2D eigenvalue weighted by Crippen LogP contribution is 2.20. The summed E-state index contributed by atoms with van der Waals surface area (Å²) in [6, 6.07) is 0.793. The molecule has 0 amide bonds. The van der Waals surface area contributed by atoms with Gasteiger partial charge in [0, 0.05) is 25.0 Å². The summed E-state index contributed by atoms with van der Waals surface area (Å²) < 4.78 is 0. The van der Waals surface area contributed by atoms with Gasteiger partial charge in [0.25, 0.3) is 0 Å². The maximum absolute atomic E-state index is 5.67. The van der Waals surface area contributed by atoms with Gasteiger partial charge in [0.2, 0.25) is 0 Å². The minimum Gasteiger partial charge on any atom is -0.393 e. The maximum Gasteiger partial charge on any atom is 0.0768 e. The van der Waals surface area contributed by atoms with Gasteiger partial charge >= 0.3 is 0 Å². The van der Waals surface area contributed by atoms with Crippen LogP contribution in [0.15, 0.2) is 0 Å². The summed E-state index contributed by atoms with van der Waals surface area (Å²) in [6.07, 6.45) is 4.10. The molecule has 0 aromatic heterocycles. The summed E-state index contributed by atoms with van der Waals surface area (Å²) in [5.74, 6) is 0.354. The molecule has 0 bridgehead atoms. The third-order valence-electron chi connectivity index (χ3n) is 3.92. The molecule has 92 valence electrons. The monoisotopic (exact) mass is 241 g/mol. The highest BCUT2D eigenvalue weighted by molar-refractivity contribution is 7.80. The first kappa shape index (κ1) is 12.3. The molecule has 0 radical (unpaired) electrons. The fraction of sp³-hybridized carbons (Fsp3) is 0.917. The minimum absolute atomic E-state index is 0.354. The maximum atomic E-state index is 5.67. The van der Waals surface area contributed by atoms with Gasteiger partial charge in [-0.15, -0.1) is 0 Å². The van der Waals surface area contributed by atoms with Crippen LogP contribution >= 0.6 is 12.2 Å². The first-order valence-corrected chi connectivity index (χ1v) is 6.83. The van der Waals surface area contributed by atoms with E-state index in [-0.39, 0.29) is 0 Å². The van der Waals surface area contributed by atoms with Crippen molar-refractivity contribution in [2.45, 2.75) is 32.2 Å². The van der Waals surface area contributed by atoms with E-state index in [1.807, 2.05) is 0 Å². The summed E-state index contributed by atoms with van der Waals surface area (Å²) in [4.78, 5) is 5.84. The molecule has 2 atom stereocenters. The molecule has 2 heterocycles. The van der Waals surface area contributed by atoms with Crippen molar-refractivity contribution in [3.8, 4) is 0 Å². The second-order valence-corrected chi connectivity index (χ2v) is 5.72. The van der Waals surface area contributed by atoms with Crippen LogP contribution in [0.1, 0.15) is 26.2 Å². The largest absolute Gasteiger partial charge is 0.393 e. The lowest BCUT2D eigenvalue weighted by Gasteiger charge is -2.24. The molecule has 0 aliphatic carbocycles. The molecule has 0 saturated carbocycles. The van der Waals surface area contributed by atoms with E-state index in [0.29, 0.717) is 10.9 Å². The van der Waals surface area contributed by atoms with E-state index in [1.165, 1.54) is 45.4 Å². The Hall–Kier alpha value is -0.190. The molecule has 2 N–H and O–H groups in total. The summed E-state index contributed by atoms with van der Waals surface area (Å²) >= 11 is 5.03. The minimum atomic E-state index is 0.354. The zero-order valence-electron chi connectivity index (χ0n) is 10.2. The summed E-state index contributed by atoms with van der Waals surface area (Å²) in [5, 5.41) is 0. The quantitative estimate of drug-likeness (QED) is 0.747. The third kappa shape index (κ3) is 2.93. The van der Waals surface area contributed by atoms with Gasteiger partial charge in [-0.1, -0.05) is 19.1 Å². The predicted octanol–water partition coefficient (Wildman–Crippen LogP) is 1.08. The van der Waals surface area contributed by atoms with Crippen LogP contribution in [-0.2, 0) is 0 Å². The molecule has 0 aromatic carbocycles. The summed E-state index contributed by atoms with van der Waals surface area (Å²) in [6.45, 7) is 8.22. The van der Waals surface area contributed by atoms with Gasteiger partial charge < -0.3 is 10.6 Å². The summed E-state index contributed by atoms with van der Waals surface area (Å²) in [5.41, 5.74) is 5.67. The SMILES string of the molecule is CC(CN1CCC(N2CCCC2)C1)C(N)=S. The van der Waals surface area contributed by atoms with Crippen LogP contribution in [0.3, 0.4) is 0 Å². The van der Waals surface area contributed by atoms with Crippen LogP contribution in [0.25, 0.3) is 0 Å². The van der Waals surface area contributed by atoms with E-state index >= 15 is 0 Å². The highest BCUT2D eigenvalue weighted by Gasteiger charge is 2.29. The lowest BCUT2D eigenvalue weighted by Crippen LogP contribution is -2.37. The molecule has 0 aromatic rings. The first-order chi connectivity index (χ1) is 7.66. The molecule has 2 unspecified atom stereocenters. The topological polar surface area (TPSA) is 32.5 Å². The van der Waals surface area contributed by atoms with E-state index < -0.39 is 0 Å². The van der Waals surface area contributed by atoms with Gasteiger partial charge in [0.05, 0.1) is 4.99 Å². The average Bonchev–Trinajstić information content (AvgIpc) is 2.85. The number of hydrogen-bond acceptors (Lipinski definition) is 3. The molecule has 2 fully saturated rings. The molecular formula is C12H23N3S. The van der Waals surface area contributed by atoms with E-state index in [0.717, 1.165) is 12.6 Å². The lowest BCUT2D eigenvalue weighted by molar-refractivity contribution is 0.228. The Labute approximate surface area is 104 Å². The average molecular weight is 241 g/mol. The molecule has 4 heteroatoms. The second-order valence-electron chi connectivity index (χ2n) is 5.25. The van der Waals surface area contributed by atoms with Crippen LogP contribution in [0, 0.1) is 5.92 Å². The van der Waals surface area contributed by atoms with Gasteiger partial charge in [0.15, 0.2) is 0 Å². The van der Waals surface area contributed by atoms with E-state index in [1.54, 1.807) is 0 Å². The fourth-order valence-corrected chi connectivity index (χ4v) is 2.93. The Balaban J connectivity index is 1.76. The van der Waals surface area contributed by atoms with Crippen LogP contribution in [0.2, 0.25) is 0 Å². The van der Waals surface area contributed by atoms with Gasteiger partial charge in [-0.05, 0) is 38.9 Å². The number of rotatable bonds is 4. The molecule has 0 spiro atoms. The molecule has 3 nitrogen and oxygen atoms in total. The Kier molecular flexibility index (Phi) is 4.16. The third-order valence-corrected chi connectivity index (χ3v) is 4.32. The predicted molar refractivity (Wildman–Crippen MR) is 71.6 cm³/mol. The second kappa shape index (κ2) is 5.43. The molecule has 16 heavy (non-hydrogen) atoms. The zero-order chi connectivity index (χ0) is 11.5. The van der Waals surface area contributed by atoms with Crippen LogP contribution in [-0.4, -0.2) is 53.6 Å². The van der Waals surface area contributed by atoms with Gasteiger partial charge in [0.1, 0.15) is 0 Å². The number of hydrogen-bond donors (Lipinski definition) is 1. The molecule has 2 aliphatic rings. The lowest BCUT2D eigenvalue weighted by atomic mass is 10.2. The smallest absolute Gasteiger partial charge is 0.0768 e. The Bertz CT molecular complexity index is 251. The number of nitrogens with zero attached hydrogens (tertiary/aromatic N) is 2. The van der Waals surface area contributed by atoms with Crippen molar-refractivity contribution in [2.24, 2.45) is 11.7 Å². The molecule has 2 rings (SSSR count). The van der Waals surface area contributed by atoms with Crippen LogP contribution < -0.4 is 5.73 Å². The zero-order valence-corrected chi connectivity index (χ0v) is 11.0. The van der Waals surface area contributed by atoms with Crippen molar-refractivity contribution in [2.75, 3.05) is 32.7 Å². The van der Waals surface area contributed by atoms with Crippen molar-refractivity contribution in [1.29, 1.82) is 0 Å². The Morgan fingerprint density at radius 2 is 2.06 bits per heavy atom. The van der Waals surface area contributed by atoms with E-state index in [2.05, 4.69) is 16.7 Å². The fourth-order valence-electron chi connectivity index (χ4n) is 2.86. The van der Waals surface area contributed by atoms with Crippen LogP contribution in [0.4, 0.5) is 0 Å². The normalized spacial score (nSPS) is 29.7. The van der Waals surface area contributed by atoms with Crippen molar-refractivity contribution < 1.29 is 0 Å². The van der Waals surface area contributed by atoms with Gasteiger partial charge in [-0.3, -0.25) is 4.90 Å². The van der Waals surface area contributed by atoms with E-state index in [4.69, 9.17) is 18.0 Å². The molecule has 2 aliphatic heterocycles. The number of nitrogens with two attached hydrogens (primary N) is 1.